The second-order valence-corrected chi connectivity index (χ2v) is 3.60. The molecular weight excluding hydrogens is 164 g/mol. The number of hydrogen-bond acceptors (Lipinski definition) is 2. The SMILES string of the molecule is Oc1ccc(CC2CCOC2)cc1. The molecule has 13 heavy (non-hydrogen) atoms. The van der Waals surface area contributed by atoms with Crippen LogP contribution in [0.15, 0.2) is 24.3 Å². The summed E-state index contributed by atoms with van der Waals surface area (Å²) in [4.78, 5) is 0. The molecule has 0 spiro atoms. The molecule has 1 unspecified atom stereocenters. The van der Waals surface area contributed by atoms with E-state index in [1.165, 1.54) is 12.0 Å². The van der Waals surface area contributed by atoms with E-state index < -0.39 is 0 Å². The first-order valence-electron chi connectivity index (χ1n) is 4.70. The maximum atomic E-state index is 9.09. The van der Waals surface area contributed by atoms with E-state index in [1.807, 2.05) is 12.1 Å². The molecule has 0 saturated carbocycles. The molecule has 1 saturated heterocycles. The van der Waals surface area contributed by atoms with Crippen molar-refractivity contribution in [2.45, 2.75) is 12.8 Å². The zero-order valence-electron chi connectivity index (χ0n) is 7.57. The van der Waals surface area contributed by atoms with Gasteiger partial charge in [0.25, 0.3) is 0 Å². The molecule has 1 aliphatic rings. The third kappa shape index (κ3) is 2.22. The zero-order chi connectivity index (χ0) is 9.10. The van der Waals surface area contributed by atoms with Gasteiger partial charge >= 0.3 is 0 Å². The summed E-state index contributed by atoms with van der Waals surface area (Å²) in [5.74, 6) is 1.01. The number of benzene rings is 1. The topological polar surface area (TPSA) is 29.5 Å². The Bertz CT molecular complexity index is 260. The average Bonchev–Trinajstić information content (AvgIpc) is 2.62. The largest absolute Gasteiger partial charge is 0.508 e. The molecule has 0 aliphatic carbocycles. The molecule has 1 N–H and O–H groups in total. The molecule has 1 fully saturated rings. The van der Waals surface area contributed by atoms with Crippen molar-refractivity contribution in [3.8, 4) is 5.75 Å². The first kappa shape index (κ1) is 8.57. The van der Waals surface area contributed by atoms with Gasteiger partial charge in [-0.15, -0.1) is 0 Å². The van der Waals surface area contributed by atoms with Crippen LogP contribution >= 0.6 is 0 Å². The van der Waals surface area contributed by atoms with E-state index in [1.54, 1.807) is 12.1 Å². The van der Waals surface area contributed by atoms with Crippen LogP contribution in [0.5, 0.6) is 5.75 Å². The average molecular weight is 178 g/mol. The van der Waals surface area contributed by atoms with Gasteiger partial charge in [-0.3, -0.25) is 0 Å². The molecule has 1 aliphatic heterocycles. The number of phenols is 1. The minimum Gasteiger partial charge on any atom is -0.508 e. The maximum Gasteiger partial charge on any atom is 0.115 e. The molecule has 0 amide bonds. The Labute approximate surface area is 78.2 Å². The molecule has 1 aromatic carbocycles. The third-order valence-electron chi connectivity index (χ3n) is 2.48. The predicted molar refractivity (Wildman–Crippen MR) is 50.7 cm³/mol. The molecule has 1 aromatic rings. The molecule has 1 atom stereocenters. The summed E-state index contributed by atoms with van der Waals surface area (Å²) in [6.07, 6.45) is 2.24. The van der Waals surface area contributed by atoms with Gasteiger partial charge in [-0.25, -0.2) is 0 Å². The maximum absolute atomic E-state index is 9.09. The first-order valence-corrected chi connectivity index (χ1v) is 4.70. The molecule has 0 radical (unpaired) electrons. The molecule has 0 aromatic heterocycles. The highest BCUT2D eigenvalue weighted by Gasteiger charge is 2.15. The van der Waals surface area contributed by atoms with Crippen LogP contribution in [0.25, 0.3) is 0 Å². The van der Waals surface area contributed by atoms with Gasteiger partial charge in [-0.2, -0.15) is 0 Å². The summed E-state index contributed by atoms with van der Waals surface area (Å²) >= 11 is 0. The van der Waals surface area contributed by atoms with Crippen molar-refractivity contribution in [1.29, 1.82) is 0 Å². The summed E-state index contributed by atoms with van der Waals surface area (Å²) in [6.45, 7) is 1.80. The van der Waals surface area contributed by atoms with Crippen molar-refractivity contribution >= 4 is 0 Å². The highest BCUT2D eigenvalue weighted by atomic mass is 16.5. The van der Waals surface area contributed by atoms with Gasteiger partial charge in [0, 0.05) is 13.2 Å². The van der Waals surface area contributed by atoms with Crippen molar-refractivity contribution in [2.24, 2.45) is 5.92 Å². The molecule has 2 rings (SSSR count). The lowest BCUT2D eigenvalue weighted by Crippen LogP contribution is -2.02. The lowest BCUT2D eigenvalue weighted by atomic mass is 9.99. The van der Waals surface area contributed by atoms with Crippen LogP contribution in [-0.4, -0.2) is 18.3 Å². The normalized spacial score (nSPS) is 22.0. The summed E-state index contributed by atoms with van der Waals surface area (Å²) in [5, 5.41) is 9.09. The van der Waals surface area contributed by atoms with Gasteiger partial charge in [-0.05, 0) is 36.5 Å². The van der Waals surface area contributed by atoms with E-state index >= 15 is 0 Å². The summed E-state index contributed by atoms with van der Waals surface area (Å²) in [6, 6.07) is 7.44. The Morgan fingerprint density at radius 1 is 1.31 bits per heavy atom. The van der Waals surface area contributed by atoms with Crippen LogP contribution < -0.4 is 0 Å². The van der Waals surface area contributed by atoms with Gasteiger partial charge in [0.05, 0.1) is 0 Å². The van der Waals surface area contributed by atoms with Gasteiger partial charge in [0.1, 0.15) is 5.75 Å². The summed E-state index contributed by atoms with van der Waals surface area (Å²) in [5.41, 5.74) is 1.29. The second-order valence-electron chi connectivity index (χ2n) is 3.60. The van der Waals surface area contributed by atoms with E-state index in [0.717, 1.165) is 19.6 Å². The van der Waals surface area contributed by atoms with Crippen molar-refractivity contribution in [1.82, 2.24) is 0 Å². The second kappa shape index (κ2) is 3.79. The van der Waals surface area contributed by atoms with Crippen LogP contribution in [0, 0.1) is 5.92 Å². The third-order valence-corrected chi connectivity index (χ3v) is 2.48. The van der Waals surface area contributed by atoms with Crippen molar-refractivity contribution < 1.29 is 9.84 Å². The van der Waals surface area contributed by atoms with Crippen molar-refractivity contribution in [3.05, 3.63) is 29.8 Å². The fourth-order valence-electron chi connectivity index (χ4n) is 1.71. The zero-order valence-corrected chi connectivity index (χ0v) is 7.57. The number of hydrogen-bond donors (Lipinski definition) is 1. The smallest absolute Gasteiger partial charge is 0.115 e. The quantitative estimate of drug-likeness (QED) is 0.750. The van der Waals surface area contributed by atoms with Crippen molar-refractivity contribution in [2.75, 3.05) is 13.2 Å². The standard InChI is InChI=1S/C11H14O2/c12-11-3-1-9(2-4-11)7-10-5-6-13-8-10/h1-4,10,12H,5-8H2. The number of rotatable bonds is 2. The number of phenolic OH excluding ortho intramolecular Hbond substituents is 1. The molecule has 70 valence electrons. The van der Waals surface area contributed by atoms with Crippen LogP contribution in [0.2, 0.25) is 0 Å². The summed E-state index contributed by atoms with van der Waals surface area (Å²) in [7, 11) is 0. The molecule has 2 nitrogen and oxygen atoms in total. The lowest BCUT2D eigenvalue weighted by molar-refractivity contribution is 0.186. The van der Waals surface area contributed by atoms with E-state index in [0.29, 0.717) is 11.7 Å². The molecule has 0 bridgehead atoms. The molecular formula is C11H14O2. The Kier molecular flexibility index (Phi) is 2.50. The minimum atomic E-state index is 0.339. The highest BCUT2D eigenvalue weighted by molar-refractivity contribution is 5.26. The Balaban J connectivity index is 1.97. The van der Waals surface area contributed by atoms with Crippen LogP contribution in [0.3, 0.4) is 0 Å². The Hall–Kier alpha value is -1.02. The van der Waals surface area contributed by atoms with Gasteiger partial charge < -0.3 is 9.84 Å². The highest BCUT2D eigenvalue weighted by Crippen LogP contribution is 2.19. The van der Waals surface area contributed by atoms with E-state index in [9.17, 15) is 0 Å². The monoisotopic (exact) mass is 178 g/mol. The molecule has 2 heteroatoms. The van der Waals surface area contributed by atoms with Gasteiger partial charge in [0.2, 0.25) is 0 Å². The number of aromatic hydroxyl groups is 1. The first-order chi connectivity index (χ1) is 6.34. The van der Waals surface area contributed by atoms with Crippen LogP contribution in [0.4, 0.5) is 0 Å². The predicted octanol–water partition coefficient (Wildman–Crippen LogP) is 1.97. The van der Waals surface area contributed by atoms with Crippen LogP contribution in [-0.2, 0) is 11.2 Å². The molecule has 1 heterocycles. The Morgan fingerprint density at radius 2 is 2.08 bits per heavy atom. The van der Waals surface area contributed by atoms with Crippen molar-refractivity contribution in [3.63, 3.8) is 0 Å². The fraction of sp³-hybridized carbons (Fsp3) is 0.455. The minimum absolute atomic E-state index is 0.339. The van der Waals surface area contributed by atoms with E-state index in [-0.39, 0.29) is 0 Å². The van der Waals surface area contributed by atoms with E-state index in [2.05, 4.69) is 0 Å². The fourth-order valence-corrected chi connectivity index (χ4v) is 1.71. The Morgan fingerprint density at radius 3 is 2.69 bits per heavy atom. The van der Waals surface area contributed by atoms with E-state index in [4.69, 9.17) is 9.84 Å². The van der Waals surface area contributed by atoms with Gasteiger partial charge in [0.15, 0.2) is 0 Å². The lowest BCUT2D eigenvalue weighted by Gasteiger charge is -2.06. The van der Waals surface area contributed by atoms with Gasteiger partial charge in [-0.1, -0.05) is 12.1 Å². The van der Waals surface area contributed by atoms with Crippen LogP contribution in [0.1, 0.15) is 12.0 Å². The number of ether oxygens (including phenoxy) is 1. The summed E-state index contributed by atoms with van der Waals surface area (Å²) < 4.78 is 5.30.